The maximum atomic E-state index is 12.1. The Morgan fingerprint density at radius 1 is 1.11 bits per heavy atom. The lowest BCUT2D eigenvalue weighted by Crippen LogP contribution is -2.51. The largest absolute Gasteiger partial charge is 0.390 e. The molecule has 0 amide bonds. The molecule has 1 aromatic carbocycles. The summed E-state index contributed by atoms with van der Waals surface area (Å²) < 4.78 is 24.2. The van der Waals surface area contributed by atoms with Gasteiger partial charge < -0.3 is 10.0 Å². The number of hydrogen-bond donors (Lipinski definition) is 1. The van der Waals surface area contributed by atoms with Gasteiger partial charge in [-0.15, -0.1) is 0 Å². The van der Waals surface area contributed by atoms with E-state index in [-0.39, 0.29) is 23.0 Å². The highest BCUT2D eigenvalue weighted by molar-refractivity contribution is 7.91. The Balaban J connectivity index is 1.87. The minimum absolute atomic E-state index is 0.00295. The minimum Gasteiger partial charge on any atom is -0.390 e. The number of nitrogens with zero attached hydrogens (tertiary/aromatic N) is 2. The van der Waals surface area contributed by atoms with Gasteiger partial charge in [-0.3, -0.25) is 4.90 Å². The smallest absolute Gasteiger partial charge is 0.154 e. The van der Waals surface area contributed by atoms with Crippen molar-refractivity contribution in [1.29, 1.82) is 0 Å². The van der Waals surface area contributed by atoms with Gasteiger partial charge >= 0.3 is 0 Å². The molecule has 2 atom stereocenters. The van der Waals surface area contributed by atoms with Crippen LogP contribution in [0.15, 0.2) is 24.3 Å². The zero-order chi connectivity index (χ0) is 19.7. The fraction of sp³-hybridized carbons (Fsp3) is 0.700. The molecule has 2 aliphatic rings. The molecular weight excluding hydrogens is 384 g/mol. The van der Waals surface area contributed by atoms with Crippen LogP contribution in [0.1, 0.15) is 31.2 Å². The molecule has 0 radical (unpaired) electrons. The summed E-state index contributed by atoms with van der Waals surface area (Å²) in [5, 5.41) is 11.2. The summed E-state index contributed by atoms with van der Waals surface area (Å²) in [4.78, 5) is 4.33. The van der Waals surface area contributed by atoms with E-state index in [1.165, 1.54) is 18.4 Å². The normalized spacial score (nSPS) is 26.9. The Morgan fingerprint density at radius 3 is 2.26 bits per heavy atom. The number of sulfone groups is 1. The van der Waals surface area contributed by atoms with Gasteiger partial charge in [-0.2, -0.15) is 0 Å². The number of aliphatic hydroxyl groups is 1. The average Bonchev–Trinajstić information content (AvgIpc) is 3.16. The summed E-state index contributed by atoms with van der Waals surface area (Å²) in [5.41, 5.74) is 1.28. The summed E-state index contributed by atoms with van der Waals surface area (Å²) in [6.45, 7) is 2.36. The Morgan fingerprint density at radius 2 is 1.74 bits per heavy atom. The van der Waals surface area contributed by atoms with E-state index in [0.717, 1.165) is 37.5 Å². The summed E-state index contributed by atoms with van der Waals surface area (Å²) in [6, 6.07) is 7.78. The summed E-state index contributed by atoms with van der Waals surface area (Å²) >= 11 is 6.09. The second-order valence-corrected chi connectivity index (χ2v) is 11.1. The van der Waals surface area contributed by atoms with Crippen LogP contribution in [0.4, 0.5) is 0 Å². The van der Waals surface area contributed by atoms with E-state index in [0.29, 0.717) is 0 Å². The topological polar surface area (TPSA) is 60.9 Å². The summed E-state index contributed by atoms with van der Waals surface area (Å²) in [5.74, 6) is -0.0671. The Hall–Kier alpha value is -0.660. The monoisotopic (exact) mass is 414 g/mol. The van der Waals surface area contributed by atoms with E-state index in [1.807, 2.05) is 26.2 Å². The molecule has 1 N–H and O–H groups in total. The van der Waals surface area contributed by atoms with Gasteiger partial charge in [0.2, 0.25) is 0 Å². The van der Waals surface area contributed by atoms with Crippen molar-refractivity contribution in [2.75, 3.05) is 45.2 Å². The van der Waals surface area contributed by atoms with Crippen molar-refractivity contribution in [3.63, 3.8) is 0 Å². The molecule has 152 valence electrons. The van der Waals surface area contributed by atoms with Crippen LogP contribution in [0.25, 0.3) is 0 Å². The predicted molar refractivity (Wildman–Crippen MR) is 110 cm³/mol. The van der Waals surface area contributed by atoms with E-state index in [1.54, 1.807) is 0 Å². The molecule has 0 aromatic heterocycles. The molecule has 3 rings (SSSR count). The van der Waals surface area contributed by atoms with E-state index < -0.39 is 15.9 Å². The van der Waals surface area contributed by atoms with E-state index >= 15 is 0 Å². The highest BCUT2D eigenvalue weighted by Crippen LogP contribution is 2.42. The summed E-state index contributed by atoms with van der Waals surface area (Å²) in [7, 11) is 0.862. The lowest BCUT2D eigenvalue weighted by molar-refractivity contribution is 0.0619. The molecule has 1 aliphatic carbocycles. The van der Waals surface area contributed by atoms with E-state index in [9.17, 15) is 13.5 Å². The number of rotatable bonds is 7. The second kappa shape index (κ2) is 8.37. The van der Waals surface area contributed by atoms with E-state index in [4.69, 9.17) is 11.6 Å². The number of likely N-dealkylation sites (N-methyl/N-ethyl adjacent to an activating group) is 1. The van der Waals surface area contributed by atoms with Gasteiger partial charge in [-0.25, -0.2) is 8.42 Å². The summed E-state index contributed by atoms with van der Waals surface area (Å²) in [6.07, 6.45) is 3.72. The average molecular weight is 415 g/mol. The van der Waals surface area contributed by atoms with Crippen molar-refractivity contribution < 1.29 is 13.5 Å². The zero-order valence-corrected chi connectivity index (χ0v) is 17.8. The number of hydrogen-bond acceptors (Lipinski definition) is 5. The molecule has 5 nitrogen and oxygen atoms in total. The third-order valence-corrected chi connectivity index (χ3v) is 8.07. The second-order valence-electron chi connectivity index (χ2n) is 8.48. The van der Waals surface area contributed by atoms with Gasteiger partial charge in [-0.05, 0) is 44.6 Å². The van der Waals surface area contributed by atoms with Gasteiger partial charge in [0.25, 0.3) is 0 Å². The van der Waals surface area contributed by atoms with Crippen LogP contribution < -0.4 is 0 Å². The van der Waals surface area contributed by atoms with Crippen LogP contribution in [0.3, 0.4) is 0 Å². The first-order chi connectivity index (χ1) is 12.7. The first-order valence-corrected chi connectivity index (χ1v) is 11.9. The number of halogens is 1. The van der Waals surface area contributed by atoms with Crippen molar-refractivity contribution in [3.8, 4) is 0 Å². The van der Waals surface area contributed by atoms with E-state index in [2.05, 4.69) is 21.9 Å². The van der Waals surface area contributed by atoms with Crippen LogP contribution in [0.2, 0.25) is 5.02 Å². The lowest BCUT2D eigenvalue weighted by atomic mass is 9.78. The fourth-order valence-corrected chi connectivity index (χ4v) is 6.59. The van der Waals surface area contributed by atoms with Crippen molar-refractivity contribution >= 4 is 21.4 Å². The number of benzene rings is 1. The van der Waals surface area contributed by atoms with Crippen molar-refractivity contribution in [2.45, 2.75) is 43.2 Å². The minimum atomic E-state index is -3.17. The third-order valence-electron chi connectivity index (χ3n) is 6.12. The molecule has 1 saturated carbocycles. The zero-order valence-electron chi connectivity index (χ0n) is 16.3. The van der Waals surface area contributed by atoms with Crippen molar-refractivity contribution in [3.05, 3.63) is 34.9 Å². The Bertz CT molecular complexity index is 730. The quantitative estimate of drug-likeness (QED) is 0.740. The highest BCUT2D eigenvalue weighted by Gasteiger charge is 2.44. The first kappa shape index (κ1) is 21.1. The lowest BCUT2D eigenvalue weighted by Gasteiger charge is -2.40. The van der Waals surface area contributed by atoms with Crippen LogP contribution >= 0.6 is 11.6 Å². The van der Waals surface area contributed by atoms with Gasteiger partial charge in [0, 0.05) is 30.1 Å². The molecule has 0 bridgehead atoms. The molecule has 1 aliphatic heterocycles. The molecule has 7 heteroatoms. The van der Waals surface area contributed by atoms with Crippen LogP contribution in [0.5, 0.6) is 0 Å². The maximum absolute atomic E-state index is 12.1. The fourth-order valence-electron chi connectivity index (χ4n) is 4.63. The Kier molecular flexibility index (Phi) is 6.53. The molecule has 1 heterocycles. The molecule has 1 aromatic rings. The Labute approximate surface area is 168 Å². The maximum Gasteiger partial charge on any atom is 0.154 e. The molecule has 27 heavy (non-hydrogen) atoms. The SMILES string of the molecule is CN(C)CCN(CC1(c2ccc(Cl)cc2)CCCC1)C1CS(=O)(=O)CC1O. The first-order valence-electron chi connectivity index (χ1n) is 9.74. The molecule has 1 saturated heterocycles. The van der Waals surface area contributed by atoms with Gasteiger partial charge in [0.15, 0.2) is 9.84 Å². The van der Waals surface area contributed by atoms with Crippen LogP contribution in [-0.2, 0) is 15.3 Å². The highest BCUT2D eigenvalue weighted by atomic mass is 35.5. The predicted octanol–water partition coefficient (Wildman–Crippen LogP) is 2.17. The standard InChI is InChI=1S/C20H31ClN2O3S/c1-22(2)11-12-23(18-13-27(25,26)14-19(18)24)15-20(9-3-4-10-20)16-5-7-17(21)8-6-16/h5-8,18-19,24H,3-4,9-15H2,1-2H3. The van der Waals surface area contributed by atoms with Crippen LogP contribution in [-0.4, -0.2) is 80.7 Å². The molecule has 0 spiro atoms. The third kappa shape index (κ3) is 5.04. The van der Waals surface area contributed by atoms with Crippen molar-refractivity contribution in [2.24, 2.45) is 0 Å². The molecular formula is C20H31ClN2O3S. The van der Waals surface area contributed by atoms with Crippen molar-refractivity contribution in [1.82, 2.24) is 9.80 Å². The van der Waals surface area contributed by atoms with Gasteiger partial charge in [0.1, 0.15) is 0 Å². The van der Waals surface area contributed by atoms with Gasteiger partial charge in [0.05, 0.1) is 23.7 Å². The molecule has 2 unspecified atom stereocenters. The van der Waals surface area contributed by atoms with Crippen LogP contribution in [0, 0.1) is 0 Å². The number of aliphatic hydroxyl groups excluding tert-OH is 1. The van der Waals surface area contributed by atoms with Gasteiger partial charge in [-0.1, -0.05) is 36.6 Å². The molecule has 2 fully saturated rings.